The maximum Gasteiger partial charge on any atom is 0.335 e. The molecule has 2 nitrogen and oxygen atoms in total. The van der Waals surface area contributed by atoms with Crippen LogP contribution in [0.4, 0.5) is 0 Å². The SMILES string of the molecule is C=CC(=O)Oc1ccc(C#Cc2ccc(SCC)c(C)c2)cc1C. The summed E-state index contributed by atoms with van der Waals surface area (Å²) in [5.41, 5.74) is 3.99. The van der Waals surface area contributed by atoms with Gasteiger partial charge in [0.1, 0.15) is 5.75 Å². The summed E-state index contributed by atoms with van der Waals surface area (Å²) in [5.74, 6) is 7.48. The van der Waals surface area contributed by atoms with Crippen LogP contribution in [0.25, 0.3) is 0 Å². The fraction of sp³-hybridized carbons (Fsp3) is 0.190. The van der Waals surface area contributed by atoms with Crippen molar-refractivity contribution in [3.05, 3.63) is 71.3 Å². The first-order valence-corrected chi connectivity index (χ1v) is 8.72. The van der Waals surface area contributed by atoms with Gasteiger partial charge in [0.05, 0.1) is 0 Å². The van der Waals surface area contributed by atoms with Crippen LogP contribution in [-0.2, 0) is 4.79 Å². The molecular weight excluding hydrogens is 316 g/mol. The molecule has 24 heavy (non-hydrogen) atoms. The summed E-state index contributed by atoms with van der Waals surface area (Å²) < 4.78 is 5.16. The monoisotopic (exact) mass is 336 g/mol. The molecule has 0 unspecified atom stereocenters. The van der Waals surface area contributed by atoms with Gasteiger partial charge in [-0.2, -0.15) is 0 Å². The second kappa shape index (κ2) is 8.42. The van der Waals surface area contributed by atoms with E-state index in [-0.39, 0.29) is 0 Å². The zero-order chi connectivity index (χ0) is 17.5. The Kier molecular flexibility index (Phi) is 6.28. The molecule has 0 amide bonds. The van der Waals surface area contributed by atoms with Crippen LogP contribution in [0, 0.1) is 25.7 Å². The molecule has 0 radical (unpaired) electrons. The van der Waals surface area contributed by atoms with Gasteiger partial charge in [-0.15, -0.1) is 11.8 Å². The van der Waals surface area contributed by atoms with Crippen molar-refractivity contribution in [3.63, 3.8) is 0 Å². The van der Waals surface area contributed by atoms with Crippen LogP contribution in [0.3, 0.4) is 0 Å². The van der Waals surface area contributed by atoms with Gasteiger partial charge in [-0.1, -0.05) is 25.3 Å². The molecule has 3 heteroatoms. The molecule has 0 aliphatic carbocycles. The van der Waals surface area contributed by atoms with Crippen LogP contribution in [0.15, 0.2) is 53.9 Å². The topological polar surface area (TPSA) is 26.3 Å². The molecule has 0 fully saturated rings. The molecule has 0 spiro atoms. The van der Waals surface area contributed by atoms with Crippen molar-refractivity contribution in [1.82, 2.24) is 0 Å². The zero-order valence-electron chi connectivity index (χ0n) is 14.2. The van der Waals surface area contributed by atoms with Crippen molar-refractivity contribution in [3.8, 4) is 17.6 Å². The number of hydrogen-bond donors (Lipinski definition) is 0. The number of esters is 1. The number of thioether (sulfide) groups is 1. The van der Waals surface area contributed by atoms with E-state index in [1.165, 1.54) is 10.5 Å². The second-order valence-corrected chi connectivity index (χ2v) is 6.57. The predicted molar refractivity (Wildman–Crippen MR) is 101 cm³/mol. The average molecular weight is 336 g/mol. The van der Waals surface area contributed by atoms with Crippen molar-refractivity contribution in [2.75, 3.05) is 5.75 Å². The molecule has 2 aromatic rings. The van der Waals surface area contributed by atoms with Gasteiger partial charge in [0, 0.05) is 22.1 Å². The van der Waals surface area contributed by atoms with E-state index >= 15 is 0 Å². The molecular formula is C21H20O2S. The summed E-state index contributed by atoms with van der Waals surface area (Å²) in [6, 6.07) is 11.8. The minimum absolute atomic E-state index is 0.461. The first-order chi connectivity index (χ1) is 11.5. The largest absolute Gasteiger partial charge is 0.423 e. The van der Waals surface area contributed by atoms with Crippen molar-refractivity contribution in [2.45, 2.75) is 25.7 Å². The number of benzene rings is 2. The van der Waals surface area contributed by atoms with Crippen LogP contribution >= 0.6 is 11.8 Å². The summed E-state index contributed by atoms with van der Waals surface area (Å²) in [7, 11) is 0. The Hall–Kier alpha value is -2.44. The molecule has 2 rings (SSSR count). The van der Waals surface area contributed by atoms with Gasteiger partial charge in [0.15, 0.2) is 0 Å². The Balaban J connectivity index is 2.19. The van der Waals surface area contributed by atoms with E-state index in [0.29, 0.717) is 5.75 Å². The summed E-state index contributed by atoms with van der Waals surface area (Å²) in [6.45, 7) is 9.54. The quantitative estimate of drug-likeness (QED) is 0.261. The lowest BCUT2D eigenvalue weighted by atomic mass is 10.1. The second-order valence-electron chi connectivity index (χ2n) is 5.27. The summed E-state index contributed by atoms with van der Waals surface area (Å²) in [6.07, 6.45) is 1.15. The lowest BCUT2D eigenvalue weighted by molar-refractivity contribution is -0.129. The molecule has 0 aromatic heterocycles. The Morgan fingerprint density at radius 2 is 1.75 bits per heavy atom. The normalized spacial score (nSPS) is 9.79. The van der Waals surface area contributed by atoms with E-state index < -0.39 is 5.97 Å². The Bertz CT molecular complexity index is 825. The molecule has 0 atom stereocenters. The number of rotatable bonds is 4. The fourth-order valence-electron chi connectivity index (χ4n) is 2.18. The minimum Gasteiger partial charge on any atom is -0.423 e. The smallest absolute Gasteiger partial charge is 0.335 e. The summed E-state index contributed by atoms with van der Waals surface area (Å²) in [4.78, 5) is 12.6. The highest BCUT2D eigenvalue weighted by Gasteiger charge is 2.04. The van der Waals surface area contributed by atoms with Crippen LogP contribution < -0.4 is 4.74 Å². The predicted octanol–water partition coefficient (Wildman–Crippen LogP) is 4.91. The van der Waals surface area contributed by atoms with E-state index in [4.69, 9.17) is 4.74 Å². The Morgan fingerprint density at radius 3 is 2.29 bits per heavy atom. The molecule has 122 valence electrons. The third kappa shape index (κ3) is 4.78. The van der Waals surface area contributed by atoms with Crippen LogP contribution in [0.2, 0.25) is 0 Å². The molecule has 2 aromatic carbocycles. The number of carbonyl (C=O) groups is 1. The lowest BCUT2D eigenvalue weighted by Gasteiger charge is -2.05. The van der Waals surface area contributed by atoms with E-state index in [9.17, 15) is 4.79 Å². The maximum atomic E-state index is 11.3. The molecule has 0 saturated carbocycles. The van der Waals surface area contributed by atoms with E-state index in [0.717, 1.165) is 28.5 Å². The number of aryl methyl sites for hydroxylation is 2. The van der Waals surface area contributed by atoms with Crippen molar-refractivity contribution in [2.24, 2.45) is 0 Å². The molecule has 0 aliphatic heterocycles. The highest BCUT2D eigenvalue weighted by molar-refractivity contribution is 7.99. The lowest BCUT2D eigenvalue weighted by Crippen LogP contribution is -2.04. The average Bonchev–Trinajstić information content (AvgIpc) is 2.57. The summed E-state index contributed by atoms with van der Waals surface area (Å²) in [5, 5.41) is 0. The van der Waals surface area contributed by atoms with Gasteiger partial charge in [-0.05, 0) is 67.1 Å². The van der Waals surface area contributed by atoms with E-state index in [2.05, 4.69) is 44.4 Å². The van der Waals surface area contributed by atoms with Gasteiger partial charge in [-0.3, -0.25) is 0 Å². The highest BCUT2D eigenvalue weighted by Crippen LogP contribution is 2.23. The molecule has 0 aliphatic rings. The Morgan fingerprint density at radius 1 is 1.12 bits per heavy atom. The number of carbonyl (C=O) groups excluding carboxylic acids is 1. The van der Waals surface area contributed by atoms with Crippen molar-refractivity contribution < 1.29 is 9.53 Å². The van der Waals surface area contributed by atoms with Crippen LogP contribution in [-0.4, -0.2) is 11.7 Å². The number of ether oxygens (including phenoxy) is 1. The van der Waals surface area contributed by atoms with E-state index in [1.54, 1.807) is 6.07 Å². The van der Waals surface area contributed by atoms with Gasteiger partial charge in [-0.25, -0.2) is 4.79 Å². The van der Waals surface area contributed by atoms with Gasteiger partial charge in [0.2, 0.25) is 0 Å². The summed E-state index contributed by atoms with van der Waals surface area (Å²) >= 11 is 1.84. The van der Waals surface area contributed by atoms with Crippen LogP contribution in [0.1, 0.15) is 29.2 Å². The molecule has 0 saturated heterocycles. The molecule has 0 heterocycles. The number of hydrogen-bond acceptors (Lipinski definition) is 3. The fourth-order valence-corrected chi connectivity index (χ4v) is 2.94. The third-order valence-electron chi connectivity index (χ3n) is 3.38. The highest BCUT2D eigenvalue weighted by atomic mass is 32.2. The van der Waals surface area contributed by atoms with E-state index in [1.807, 2.05) is 36.9 Å². The van der Waals surface area contributed by atoms with Crippen molar-refractivity contribution in [1.29, 1.82) is 0 Å². The standard InChI is InChI=1S/C21H20O2S/c1-5-21(22)23-19-11-9-17(13-15(19)3)7-8-18-10-12-20(24-6-2)16(4)14-18/h5,9-14H,1,6H2,2-4H3. The molecule has 0 N–H and O–H groups in total. The van der Waals surface area contributed by atoms with Gasteiger partial charge >= 0.3 is 5.97 Å². The minimum atomic E-state index is -0.461. The van der Waals surface area contributed by atoms with Gasteiger partial charge in [0.25, 0.3) is 0 Å². The Labute approximate surface area is 147 Å². The van der Waals surface area contributed by atoms with Gasteiger partial charge < -0.3 is 4.74 Å². The first kappa shape index (κ1) is 17.9. The third-order valence-corrected chi connectivity index (χ3v) is 4.44. The first-order valence-electron chi connectivity index (χ1n) is 7.74. The zero-order valence-corrected chi connectivity index (χ0v) is 15.0. The van der Waals surface area contributed by atoms with Crippen molar-refractivity contribution >= 4 is 17.7 Å². The molecule has 0 bridgehead atoms. The van der Waals surface area contributed by atoms with Crippen LogP contribution in [0.5, 0.6) is 5.75 Å². The maximum absolute atomic E-state index is 11.3.